The van der Waals surface area contributed by atoms with E-state index >= 15 is 0 Å². The van der Waals surface area contributed by atoms with Crippen molar-refractivity contribution in [3.05, 3.63) is 9.66 Å². The van der Waals surface area contributed by atoms with Gasteiger partial charge in [0.25, 0.3) is 0 Å². The number of ether oxygens (including phenoxy) is 1. The molecule has 0 fully saturated rings. The van der Waals surface area contributed by atoms with Crippen LogP contribution in [0.5, 0.6) is 0 Å². The summed E-state index contributed by atoms with van der Waals surface area (Å²) in [5, 5.41) is 8.94. The Kier molecular flexibility index (Phi) is 4.63. The van der Waals surface area contributed by atoms with Gasteiger partial charge in [0, 0.05) is 0 Å². The van der Waals surface area contributed by atoms with Gasteiger partial charge in [-0.2, -0.15) is 0 Å². The molecule has 1 atom stereocenters. The van der Waals surface area contributed by atoms with Crippen LogP contribution in [0.4, 0.5) is 0 Å². The van der Waals surface area contributed by atoms with Crippen LogP contribution in [0.15, 0.2) is 9.66 Å². The van der Waals surface area contributed by atoms with E-state index < -0.39 is 12.1 Å². The number of aliphatic hydroxyl groups excluding tert-OH is 1. The average Bonchev–Trinajstić information content (AvgIpc) is 1.88. The maximum Gasteiger partial charge on any atom is 0.336 e. The second-order valence-electron chi connectivity index (χ2n) is 1.73. The third-order valence-electron chi connectivity index (χ3n) is 0.989. The van der Waals surface area contributed by atoms with Crippen LogP contribution in [0.3, 0.4) is 0 Å². The van der Waals surface area contributed by atoms with Crippen LogP contribution in [0.25, 0.3) is 0 Å². The highest BCUT2D eigenvalue weighted by molar-refractivity contribution is 14.1. The van der Waals surface area contributed by atoms with Crippen molar-refractivity contribution in [2.75, 3.05) is 7.11 Å². The predicted molar refractivity (Wildman–Crippen MR) is 45.8 cm³/mol. The molecule has 0 spiro atoms. The lowest BCUT2D eigenvalue weighted by Gasteiger charge is -2.05. The highest BCUT2D eigenvalue weighted by Crippen LogP contribution is 2.06. The zero-order valence-corrected chi connectivity index (χ0v) is 7.95. The van der Waals surface area contributed by atoms with Crippen LogP contribution in [0.1, 0.15) is 6.92 Å². The van der Waals surface area contributed by atoms with Crippen LogP contribution in [-0.2, 0) is 9.53 Å². The van der Waals surface area contributed by atoms with Gasteiger partial charge in [-0.05, 0) is 11.0 Å². The normalized spacial score (nSPS) is 14.6. The van der Waals surface area contributed by atoms with Gasteiger partial charge in [0.05, 0.1) is 18.8 Å². The van der Waals surface area contributed by atoms with Crippen molar-refractivity contribution >= 4 is 28.6 Å². The summed E-state index contributed by atoms with van der Waals surface area (Å²) < 4.78 is 5.90. The molecule has 1 N–H and O–H groups in total. The summed E-state index contributed by atoms with van der Waals surface area (Å²) in [7, 11) is 1.28. The fourth-order valence-corrected chi connectivity index (χ4v) is 1.20. The minimum Gasteiger partial charge on any atom is -0.466 e. The lowest BCUT2D eigenvalue weighted by atomic mass is 10.2. The van der Waals surface area contributed by atoms with E-state index in [1.165, 1.54) is 18.1 Å². The predicted octanol–water partition coefficient (Wildman–Crippen LogP) is 0.859. The molecule has 0 rings (SSSR count). The smallest absolute Gasteiger partial charge is 0.336 e. The second kappa shape index (κ2) is 4.68. The summed E-state index contributed by atoms with van der Waals surface area (Å²) in [6, 6.07) is 0. The first kappa shape index (κ1) is 9.90. The first-order valence-electron chi connectivity index (χ1n) is 2.70. The van der Waals surface area contributed by atoms with Gasteiger partial charge in [0.1, 0.15) is 0 Å². The number of esters is 1. The van der Waals surface area contributed by atoms with E-state index in [0.717, 1.165) is 0 Å². The standard InChI is InChI=1S/C6H9IO3/c1-4(8)5(3-7)6(9)10-2/h3-4,8H,1-2H3/b5-3-. The first-order valence-corrected chi connectivity index (χ1v) is 3.94. The van der Waals surface area contributed by atoms with Crippen molar-refractivity contribution in [2.24, 2.45) is 0 Å². The van der Waals surface area contributed by atoms with E-state index in [4.69, 9.17) is 5.11 Å². The molecule has 0 aromatic rings. The van der Waals surface area contributed by atoms with Crippen LogP contribution in [0.2, 0.25) is 0 Å². The van der Waals surface area contributed by atoms with Gasteiger partial charge in [-0.15, -0.1) is 0 Å². The molecule has 0 aromatic carbocycles. The third-order valence-corrected chi connectivity index (χ3v) is 1.66. The molecule has 3 nitrogen and oxygen atoms in total. The molecule has 0 heterocycles. The number of aliphatic hydroxyl groups is 1. The van der Waals surface area contributed by atoms with E-state index in [9.17, 15) is 4.79 Å². The summed E-state index contributed by atoms with van der Waals surface area (Å²) in [6.45, 7) is 1.52. The molecule has 10 heavy (non-hydrogen) atoms. The number of rotatable bonds is 2. The monoisotopic (exact) mass is 256 g/mol. The largest absolute Gasteiger partial charge is 0.466 e. The number of methoxy groups -OCH3 is 1. The first-order chi connectivity index (χ1) is 4.63. The Bertz CT molecular complexity index is 151. The number of hydrogen-bond donors (Lipinski definition) is 1. The molecule has 0 aromatic heterocycles. The molecule has 0 saturated carbocycles. The Morgan fingerprint density at radius 2 is 2.30 bits per heavy atom. The molecule has 0 amide bonds. The van der Waals surface area contributed by atoms with E-state index in [-0.39, 0.29) is 5.57 Å². The molecule has 58 valence electrons. The van der Waals surface area contributed by atoms with Crippen molar-refractivity contribution < 1.29 is 14.6 Å². The molecule has 0 aliphatic heterocycles. The van der Waals surface area contributed by atoms with Gasteiger partial charge >= 0.3 is 5.97 Å². The summed E-state index contributed by atoms with van der Waals surface area (Å²) in [4.78, 5) is 10.7. The van der Waals surface area contributed by atoms with E-state index in [2.05, 4.69) is 4.74 Å². The average molecular weight is 256 g/mol. The van der Waals surface area contributed by atoms with Crippen molar-refractivity contribution in [1.82, 2.24) is 0 Å². The minimum absolute atomic E-state index is 0.281. The topological polar surface area (TPSA) is 46.5 Å². The Morgan fingerprint density at radius 3 is 2.40 bits per heavy atom. The number of hydrogen-bond acceptors (Lipinski definition) is 3. The molecule has 0 bridgehead atoms. The van der Waals surface area contributed by atoms with Gasteiger partial charge in [-0.3, -0.25) is 0 Å². The van der Waals surface area contributed by atoms with Crippen LogP contribution >= 0.6 is 22.6 Å². The molecule has 0 radical (unpaired) electrons. The van der Waals surface area contributed by atoms with E-state index in [0.29, 0.717) is 0 Å². The fraction of sp³-hybridized carbons (Fsp3) is 0.500. The van der Waals surface area contributed by atoms with Gasteiger partial charge in [0.2, 0.25) is 0 Å². The summed E-state index contributed by atoms with van der Waals surface area (Å²) in [5.41, 5.74) is 0.281. The summed E-state index contributed by atoms with van der Waals surface area (Å²) in [6.07, 6.45) is -0.760. The maximum atomic E-state index is 10.7. The van der Waals surface area contributed by atoms with E-state index in [1.54, 1.807) is 0 Å². The lowest BCUT2D eigenvalue weighted by molar-refractivity contribution is -0.137. The highest BCUT2D eigenvalue weighted by atomic mass is 127. The summed E-state index contributed by atoms with van der Waals surface area (Å²) >= 11 is 1.88. The second-order valence-corrected chi connectivity index (χ2v) is 2.35. The molecule has 1 unspecified atom stereocenters. The maximum absolute atomic E-state index is 10.7. The quantitative estimate of drug-likeness (QED) is 0.453. The van der Waals surface area contributed by atoms with Gasteiger partial charge in [-0.25, -0.2) is 4.79 Å². The Morgan fingerprint density at radius 1 is 1.80 bits per heavy atom. The lowest BCUT2D eigenvalue weighted by Crippen LogP contribution is -2.15. The van der Waals surface area contributed by atoms with Crippen molar-refractivity contribution in [3.8, 4) is 0 Å². The van der Waals surface area contributed by atoms with Crippen molar-refractivity contribution in [2.45, 2.75) is 13.0 Å². The molecule has 0 aliphatic rings. The zero-order valence-electron chi connectivity index (χ0n) is 5.80. The van der Waals surface area contributed by atoms with Gasteiger partial charge in [-0.1, -0.05) is 22.6 Å². The third kappa shape index (κ3) is 2.66. The van der Waals surface area contributed by atoms with Gasteiger partial charge in [0.15, 0.2) is 0 Å². The van der Waals surface area contributed by atoms with Crippen LogP contribution in [-0.4, -0.2) is 24.3 Å². The van der Waals surface area contributed by atoms with Crippen LogP contribution in [0, 0.1) is 0 Å². The fourth-order valence-electron chi connectivity index (χ4n) is 0.424. The van der Waals surface area contributed by atoms with Crippen molar-refractivity contribution in [1.29, 1.82) is 0 Å². The minimum atomic E-state index is -0.760. The number of carbonyl (C=O) groups is 1. The number of carbonyl (C=O) groups excluding carboxylic acids is 1. The highest BCUT2D eigenvalue weighted by Gasteiger charge is 2.13. The van der Waals surface area contributed by atoms with E-state index in [1.807, 2.05) is 22.6 Å². The van der Waals surface area contributed by atoms with Crippen LogP contribution < -0.4 is 0 Å². The Balaban J connectivity index is 4.24. The number of halogens is 1. The Labute approximate surface area is 73.2 Å². The molecular formula is C6H9IO3. The molecule has 0 saturated heterocycles. The molecule has 4 heteroatoms. The SMILES string of the molecule is COC(=O)/C(=C\I)C(C)O. The zero-order chi connectivity index (χ0) is 8.15. The van der Waals surface area contributed by atoms with Crippen molar-refractivity contribution in [3.63, 3.8) is 0 Å². The molecular weight excluding hydrogens is 247 g/mol. The summed E-state index contributed by atoms with van der Waals surface area (Å²) in [5.74, 6) is -0.482. The van der Waals surface area contributed by atoms with Gasteiger partial charge < -0.3 is 9.84 Å². The Hall–Kier alpha value is -0.100. The molecule has 0 aliphatic carbocycles.